The maximum atomic E-state index is 12.9. The fourth-order valence-electron chi connectivity index (χ4n) is 5.13. The number of piperazine rings is 1. The van der Waals surface area contributed by atoms with Crippen LogP contribution in [0.2, 0.25) is 10.0 Å². The van der Waals surface area contributed by atoms with Crippen LogP contribution in [0.5, 0.6) is 0 Å². The lowest BCUT2D eigenvalue weighted by atomic mass is 9.69. The Labute approximate surface area is 223 Å². The number of fused-ring (bicyclic) bond motifs is 1. The standard InChI is InChI=1S/C27H34Cl2N4OS/c1-4-27(2,3)18-8-9-19-20(15-30)26(35-24(19)14-18)31-25(34)17-33-12-10-32(11-13-33)16-21-22(28)6-5-7-23(21)29/h5-7,18H,4,8-14,16-17H2,1-3H3,(H,31,34). The Morgan fingerprint density at radius 2 is 1.86 bits per heavy atom. The molecule has 1 amide bonds. The average molecular weight is 534 g/mol. The van der Waals surface area contributed by atoms with E-state index in [9.17, 15) is 10.1 Å². The third kappa shape index (κ3) is 6.03. The fourth-order valence-corrected chi connectivity index (χ4v) is 6.94. The molecular formula is C27H34Cl2N4OS. The lowest BCUT2D eigenvalue weighted by Gasteiger charge is -2.36. The summed E-state index contributed by atoms with van der Waals surface area (Å²) in [6, 6.07) is 7.96. The monoisotopic (exact) mass is 532 g/mol. The quantitative estimate of drug-likeness (QED) is 0.459. The van der Waals surface area contributed by atoms with E-state index in [0.717, 1.165) is 68.0 Å². The van der Waals surface area contributed by atoms with Crippen LogP contribution < -0.4 is 5.32 Å². The molecule has 1 saturated heterocycles. The zero-order valence-corrected chi connectivity index (χ0v) is 23.1. The van der Waals surface area contributed by atoms with Crippen molar-refractivity contribution in [3.63, 3.8) is 0 Å². The molecule has 1 aromatic carbocycles. The van der Waals surface area contributed by atoms with Crippen molar-refractivity contribution in [3.8, 4) is 6.07 Å². The van der Waals surface area contributed by atoms with Crippen molar-refractivity contribution in [2.24, 2.45) is 11.3 Å². The maximum absolute atomic E-state index is 12.9. The van der Waals surface area contributed by atoms with Crippen LogP contribution in [-0.2, 0) is 24.2 Å². The largest absolute Gasteiger partial charge is 0.315 e. The van der Waals surface area contributed by atoms with Gasteiger partial charge in [0.15, 0.2) is 0 Å². The molecule has 0 spiro atoms. The highest BCUT2D eigenvalue weighted by atomic mass is 35.5. The van der Waals surface area contributed by atoms with Gasteiger partial charge in [-0.15, -0.1) is 11.3 Å². The van der Waals surface area contributed by atoms with Crippen LogP contribution in [0.3, 0.4) is 0 Å². The van der Waals surface area contributed by atoms with Crippen LogP contribution in [0.4, 0.5) is 5.00 Å². The minimum Gasteiger partial charge on any atom is -0.315 e. The topological polar surface area (TPSA) is 59.4 Å². The van der Waals surface area contributed by atoms with E-state index in [2.05, 4.69) is 42.0 Å². The number of rotatable bonds is 7. The summed E-state index contributed by atoms with van der Waals surface area (Å²) in [5.41, 5.74) is 3.07. The van der Waals surface area contributed by atoms with Gasteiger partial charge >= 0.3 is 0 Å². The normalized spacial score (nSPS) is 19.3. The number of nitrogens with one attached hydrogen (secondary N) is 1. The molecule has 8 heteroatoms. The number of nitriles is 1. The summed E-state index contributed by atoms with van der Waals surface area (Å²) >= 11 is 14.3. The van der Waals surface area contributed by atoms with Gasteiger partial charge in [-0.3, -0.25) is 14.6 Å². The predicted molar refractivity (Wildman–Crippen MR) is 145 cm³/mol. The zero-order chi connectivity index (χ0) is 25.2. The molecule has 2 heterocycles. The number of thiophene rings is 1. The minimum atomic E-state index is -0.0480. The van der Waals surface area contributed by atoms with Gasteiger partial charge < -0.3 is 5.32 Å². The number of carbonyl (C=O) groups is 1. The van der Waals surface area contributed by atoms with Crippen molar-refractivity contribution < 1.29 is 4.79 Å². The molecule has 0 radical (unpaired) electrons. The molecule has 188 valence electrons. The molecular weight excluding hydrogens is 499 g/mol. The molecule has 35 heavy (non-hydrogen) atoms. The van der Waals surface area contributed by atoms with Gasteiger partial charge in [0, 0.05) is 53.2 Å². The van der Waals surface area contributed by atoms with E-state index in [0.29, 0.717) is 34.6 Å². The lowest BCUT2D eigenvalue weighted by Crippen LogP contribution is -2.48. The summed E-state index contributed by atoms with van der Waals surface area (Å²) in [5.74, 6) is 0.568. The summed E-state index contributed by atoms with van der Waals surface area (Å²) in [6.07, 6.45) is 4.18. The number of amides is 1. The Kier molecular flexibility index (Phi) is 8.45. The average Bonchev–Trinajstić information content (AvgIpc) is 3.18. The van der Waals surface area contributed by atoms with Crippen LogP contribution in [-0.4, -0.2) is 48.4 Å². The number of halogens is 2. The number of carbonyl (C=O) groups excluding carboxylic acids is 1. The molecule has 1 atom stereocenters. The van der Waals surface area contributed by atoms with Gasteiger partial charge in [-0.25, -0.2) is 0 Å². The van der Waals surface area contributed by atoms with Gasteiger partial charge in [0.1, 0.15) is 11.1 Å². The van der Waals surface area contributed by atoms with Crippen molar-refractivity contribution in [1.82, 2.24) is 9.80 Å². The molecule has 0 saturated carbocycles. The molecule has 5 nitrogen and oxygen atoms in total. The van der Waals surface area contributed by atoms with E-state index < -0.39 is 0 Å². The van der Waals surface area contributed by atoms with Crippen LogP contribution in [0, 0.1) is 22.7 Å². The molecule has 1 fully saturated rings. The molecule has 1 aliphatic carbocycles. The van der Waals surface area contributed by atoms with Crippen LogP contribution in [0.15, 0.2) is 18.2 Å². The SMILES string of the molecule is CCC(C)(C)C1CCc2c(sc(NC(=O)CN3CCN(Cc4c(Cl)cccc4Cl)CC3)c2C#N)C1. The molecule has 1 aliphatic heterocycles. The van der Waals surface area contributed by atoms with Crippen LogP contribution >= 0.6 is 34.5 Å². The second-order valence-corrected chi connectivity index (χ2v) is 12.3. The number of nitrogens with zero attached hydrogens (tertiary/aromatic N) is 3. The highest BCUT2D eigenvalue weighted by Crippen LogP contribution is 2.45. The van der Waals surface area contributed by atoms with E-state index in [4.69, 9.17) is 23.2 Å². The van der Waals surface area contributed by atoms with Crippen molar-refractivity contribution in [3.05, 3.63) is 49.8 Å². The summed E-state index contributed by atoms with van der Waals surface area (Å²) in [5, 5.41) is 15.0. The predicted octanol–water partition coefficient (Wildman–Crippen LogP) is 6.22. The first-order chi connectivity index (χ1) is 16.7. The number of anilines is 1. The van der Waals surface area contributed by atoms with Crippen molar-refractivity contribution in [1.29, 1.82) is 5.26 Å². The summed E-state index contributed by atoms with van der Waals surface area (Å²) < 4.78 is 0. The Morgan fingerprint density at radius 1 is 1.20 bits per heavy atom. The maximum Gasteiger partial charge on any atom is 0.239 e. The Bertz CT molecular complexity index is 1090. The van der Waals surface area contributed by atoms with Crippen molar-refractivity contribution in [2.45, 2.75) is 53.0 Å². The molecule has 1 N–H and O–H groups in total. The first kappa shape index (κ1) is 26.4. The van der Waals surface area contributed by atoms with Crippen molar-refractivity contribution in [2.75, 3.05) is 38.0 Å². The third-order valence-corrected chi connectivity index (χ3v) is 9.80. The highest BCUT2D eigenvalue weighted by Gasteiger charge is 2.34. The van der Waals surface area contributed by atoms with E-state index in [1.54, 1.807) is 11.3 Å². The van der Waals surface area contributed by atoms with Gasteiger partial charge in [-0.2, -0.15) is 5.26 Å². The van der Waals surface area contributed by atoms with E-state index >= 15 is 0 Å². The lowest BCUT2D eigenvalue weighted by molar-refractivity contribution is -0.117. The van der Waals surface area contributed by atoms with Gasteiger partial charge in [0.2, 0.25) is 5.91 Å². The third-order valence-electron chi connectivity index (χ3n) is 7.92. The van der Waals surface area contributed by atoms with Gasteiger partial charge in [-0.05, 0) is 48.3 Å². The van der Waals surface area contributed by atoms with Crippen molar-refractivity contribution >= 4 is 45.4 Å². The number of hydrogen-bond acceptors (Lipinski definition) is 5. The van der Waals surface area contributed by atoms with E-state index in [1.165, 1.54) is 4.88 Å². The Morgan fingerprint density at radius 3 is 2.49 bits per heavy atom. The second kappa shape index (κ2) is 11.2. The highest BCUT2D eigenvalue weighted by molar-refractivity contribution is 7.16. The summed E-state index contributed by atoms with van der Waals surface area (Å²) in [4.78, 5) is 18.7. The van der Waals surface area contributed by atoms with Crippen LogP contribution in [0.25, 0.3) is 0 Å². The summed E-state index contributed by atoms with van der Waals surface area (Å²) in [7, 11) is 0. The number of hydrogen-bond donors (Lipinski definition) is 1. The van der Waals surface area contributed by atoms with Gasteiger partial charge in [0.25, 0.3) is 0 Å². The molecule has 2 aromatic rings. The molecule has 1 aromatic heterocycles. The molecule has 2 aliphatic rings. The van der Waals surface area contributed by atoms with Gasteiger partial charge in [0.05, 0.1) is 12.1 Å². The van der Waals surface area contributed by atoms with E-state index in [1.807, 2.05) is 18.2 Å². The second-order valence-electron chi connectivity index (χ2n) is 10.4. The molecule has 4 rings (SSSR count). The first-order valence-corrected chi connectivity index (χ1v) is 14.0. The van der Waals surface area contributed by atoms with E-state index in [-0.39, 0.29) is 11.3 Å². The first-order valence-electron chi connectivity index (χ1n) is 12.4. The molecule has 0 bridgehead atoms. The van der Waals surface area contributed by atoms with Crippen LogP contribution in [0.1, 0.15) is 55.2 Å². The minimum absolute atomic E-state index is 0.0480. The Balaban J connectivity index is 1.32. The van der Waals surface area contributed by atoms with Gasteiger partial charge in [-0.1, -0.05) is 56.5 Å². The Hall–Kier alpha value is -1.62. The zero-order valence-electron chi connectivity index (χ0n) is 20.8. The summed E-state index contributed by atoms with van der Waals surface area (Å²) in [6.45, 7) is 11.3. The number of benzene rings is 1. The fraction of sp³-hybridized carbons (Fsp3) is 0.556. The molecule has 1 unspecified atom stereocenters. The smallest absolute Gasteiger partial charge is 0.239 e.